The summed E-state index contributed by atoms with van der Waals surface area (Å²) in [6.45, 7) is 39.9. The maximum Gasteiger partial charge on any atom is 4.00 e. The van der Waals surface area contributed by atoms with Gasteiger partial charge in [0.25, 0.3) is 0 Å². The number of hydrogen-bond donors (Lipinski definition) is 0. The molecule has 4 aromatic carbocycles. The molecule has 0 saturated carbocycles. The van der Waals surface area contributed by atoms with Crippen molar-refractivity contribution < 1.29 is 25.8 Å². The van der Waals surface area contributed by atoms with Gasteiger partial charge in [-0.3, -0.25) is 0 Å². The predicted molar refractivity (Wildman–Crippen MR) is 207 cm³/mol. The maximum atomic E-state index is 3.60. The average molecular weight is 788 g/mol. The summed E-state index contributed by atoms with van der Waals surface area (Å²) in [5.41, 5.74) is 12.0. The number of rotatable bonds is 10. The van der Waals surface area contributed by atoms with Crippen molar-refractivity contribution in [1.82, 2.24) is 0 Å². The standard InChI is InChI=1S/C37H50.2C4H9.Hf/c1-13-25-15-29-17-27(21(3)4)19-31(23(7)8)33(29)35(25)37(11,12)36-26(14-2)16-30-18-28(22(5)6)20-32(24(9)10)34(30)36;2*1-3-4-2;/h15-24H,13-14H2,1-12H3;2*1,3-4H2,2H3;/q-2;2*-1;+4. The summed E-state index contributed by atoms with van der Waals surface area (Å²) in [5.74, 6) is 2.05. The van der Waals surface area contributed by atoms with Crippen molar-refractivity contribution in [3.8, 4) is 0 Å². The van der Waals surface area contributed by atoms with Gasteiger partial charge in [0, 0.05) is 0 Å². The molecular formula is C45H68Hf. The first kappa shape index (κ1) is 42.6. The molecule has 0 atom stereocenters. The molecule has 0 amide bonds. The first-order valence-electron chi connectivity index (χ1n) is 18.3. The first-order valence-corrected chi connectivity index (χ1v) is 18.3. The summed E-state index contributed by atoms with van der Waals surface area (Å²) in [6, 6.07) is 15.0. The van der Waals surface area contributed by atoms with Crippen molar-refractivity contribution in [1.29, 1.82) is 0 Å². The van der Waals surface area contributed by atoms with Crippen molar-refractivity contribution in [2.45, 2.75) is 165 Å². The van der Waals surface area contributed by atoms with E-state index in [1.165, 1.54) is 67.8 Å². The summed E-state index contributed by atoms with van der Waals surface area (Å²) in [7, 11) is 0. The van der Waals surface area contributed by atoms with Gasteiger partial charge in [0.1, 0.15) is 0 Å². The fraction of sp³-hybridized carbons (Fsp3) is 0.556. The molecule has 0 aromatic heterocycles. The summed E-state index contributed by atoms with van der Waals surface area (Å²) >= 11 is 0. The van der Waals surface area contributed by atoms with E-state index in [1.54, 1.807) is 11.1 Å². The molecule has 252 valence electrons. The number of hydrogen-bond acceptors (Lipinski definition) is 0. The van der Waals surface area contributed by atoms with Crippen LogP contribution in [0.2, 0.25) is 0 Å². The molecule has 0 heterocycles. The van der Waals surface area contributed by atoms with Crippen LogP contribution < -0.4 is 0 Å². The molecule has 4 aromatic rings. The van der Waals surface area contributed by atoms with E-state index in [-0.39, 0.29) is 31.3 Å². The average Bonchev–Trinajstić information content (AvgIpc) is 3.59. The molecule has 0 aliphatic carbocycles. The molecule has 0 bridgehead atoms. The van der Waals surface area contributed by atoms with E-state index in [0.29, 0.717) is 23.7 Å². The molecule has 0 spiro atoms. The predicted octanol–water partition coefficient (Wildman–Crippen LogP) is 14.6. The first-order chi connectivity index (χ1) is 21.2. The molecular weight excluding hydrogens is 719 g/mol. The molecule has 0 aliphatic rings. The van der Waals surface area contributed by atoms with Gasteiger partial charge in [-0.15, -0.1) is 68.1 Å². The summed E-state index contributed by atoms with van der Waals surface area (Å²) in [4.78, 5) is 0. The fourth-order valence-corrected chi connectivity index (χ4v) is 6.76. The van der Waals surface area contributed by atoms with Gasteiger partial charge in [-0.2, -0.15) is 12.8 Å². The van der Waals surface area contributed by atoms with Crippen molar-refractivity contribution in [3.63, 3.8) is 0 Å². The third kappa shape index (κ3) is 9.36. The molecule has 0 unspecified atom stereocenters. The minimum Gasteiger partial charge on any atom is -0.343 e. The molecule has 1 heteroatoms. The Morgan fingerprint density at radius 3 is 1.09 bits per heavy atom. The van der Waals surface area contributed by atoms with Crippen LogP contribution in [0.1, 0.15) is 191 Å². The van der Waals surface area contributed by atoms with Crippen LogP contribution in [-0.2, 0) is 44.1 Å². The molecule has 46 heavy (non-hydrogen) atoms. The van der Waals surface area contributed by atoms with Gasteiger partial charge in [0.2, 0.25) is 0 Å². The van der Waals surface area contributed by atoms with E-state index in [0.717, 1.165) is 25.7 Å². The van der Waals surface area contributed by atoms with Crippen molar-refractivity contribution in [3.05, 3.63) is 94.8 Å². The van der Waals surface area contributed by atoms with Crippen LogP contribution in [0.25, 0.3) is 21.5 Å². The zero-order chi connectivity index (χ0) is 34.2. The number of fused-ring (bicyclic) bond motifs is 2. The molecule has 0 radical (unpaired) electrons. The van der Waals surface area contributed by atoms with Crippen LogP contribution in [-0.4, -0.2) is 0 Å². The Morgan fingerprint density at radius 1 is 0.565 bits per heavy atom. The Labute approximate surface area is 305 Å². The molecule has 0 saturated heterocycles. The van der Waals surface area contributed by atoms with E-state index in [9.17, 15) is 0 Å². The molecule has 0 aliphatic heterocycles. The quantitative estimate of drug-likeness (QED) is 0.111. The van der Waals surface area contributed by atoms with Crippen LogP contribution in [0.15, 0.2) is 36.4 Å². The second-order valence-electron chi connectivity index (χ2n) is 14.9. The maximum absolute atomic E-state index is 3.60. The van der Waals surface area contributed by atoms with Crippen LogP contribution in [0, 0.1) is 13.8 Å². The van der Waals surface area contributed by atoms with Gasteiger partial charge < -0.3 is 13.8 Å². The SMILES string of the molecule is CCc1[cH-]c2cc(C(C)C)cc(C(C)C)c2c1C(C)(C)c1c(CC)[cH-]c2cc(C(C)C)cc(C(C)C)c12.[CH2-]CCC.[CH2-]CCC.[Hf+4]. The monoisotopic (exact) mass is 788 g/mol. The van der Waals surface area contributed by atoms with Crippen molar-refractivity contribution >= 4 is 21.5 Å². The smallest absolute Gasteiger partial charge is 0.343 e. The zero-order valence-electron chi connectivity index (χ0n) is 32.4. The van der Waals surface area contributed by atoms with E-state index < -0.39 is 0 Å². The van der Waals surface area contributed by atoms with Gasteiger partial charge in [0.15, 0.2) is 0 Å². The number of benzene rings is 2. The fourth-order valence-electron chi connectivity index (χ4n) is 6.76. The van der Waals surface area contributed by atoms with E-state index >= 15 is 0 Å². The topological polar surface area (TPSA) is 0 Å². The van der Waals surface area contributed by atoms with Crippen LogP contribution >= 0.6 is 0 Å². The Morgan fingerprint density at radius 2 is 0.870 bits per heavy atom. The van der Waals surface area contributed by atoms with E-state index in [1.807, 2.05) is 0 Å². The molecule has 0 nitrogen and oxygen atoms in total. The normalized spacial score (nSPS) is 11.7. The zero-order valence-corrected chi connectivity index (χ0v) is 36.0. The third-order valence-electron chi connectivity index (χ3n) is 9.54. The van der Waals surface area contributed by atoms with E-state index in [4.69, 9.17) is 0 Å². The Hall–Kier alpha value is -1.47. The van der Waals surface area contributed by atoms with Crippen LogP contribution in [0.5, 0.6) is 0 Å². The Bertz CT molecular complexity index is 1360. The Kier molecular flexibility index (Phi) is 17.5. The van der Waals surface area contributed by atoms with Crippen molar-refractivity contribution in [2.24, 2.45) is 0 Å². The van der Waals surface area contributed by atoms with Gasteiger partial charge in [-0.25, -0.2) is 0 Å². The van der Waals surface area contributed by atoms with Gasteiger partial charge in [-0.05, 0) is 36.5 Å². The van der Waals surface area contributed by atoms with E-state index in [2.05, 4.69) is 147 Å². The summed E-state index contributed by atoms with van der Waals surface area (Å²) in [6.07, 6.45) is 6.69. The van der Waals surface area contributed by atoms with Gasteiger partial charge >= 0.3 is 25.8 Å². The number of aryl methyl sites for hydroxylation is 2. The molecule has 0 N–H and O–H groups in total. The van der Waals surface area contributed by atoms with Crippen LogP contribution in [0.4, 0.5) is 0 Å². The summed E-state index contributed by atoms with van der Waals surface area (Å²) in [5, 5.41) is 5.91. The second-order valence-corrected chi connectivity index (χ2v) is 14.9. The molecule has 0 fully saturated rings. The van der Waals surface area contributed by atoms with Crippen LogP contribution in [0.3, 0.4) is 0 Å². The van der Waals surface area contributed by atoms with Gasteiger partial charge in [0.05, 0.1) is 0 Å². The third-order valence-corrected chi connectivity index (χ3v) is 9.54. The van der Waals surface area contributed by atoms with Crippen molar-refractivity contribution in [2.75, 3.05) is 0 Å². The minimum absolute atomic E-state index is 0. The number of unbranched alkanes of at least 4 members (excludes halogenated alkanes) is 2. The Balaban J connectivity index is 0.00000106. The largest absolute Gasteiger partial charge is 4.00 e. The second kappa shape index (κ2) is 18.9. The molecule has 4 rings (SSSR count). The minimum atomic E-state index is -0.0911. The van der Waals surface area contributed by atoms with Gasteiger partial charge in [-0.1, -0.05) is 150 Å². The summed E-state index contributed by atoms with van der Waals surface area (Å²) < 4.78 is 0.